The lowest BCUT2D eigenvalue weighted by Gasteiger charge is -2.30. The molecule has 0 radical (unpaired) electrons. The van der Waals surface area contributed by atoms with Crippen molar-refractivity contribution in [2.45, 2.75) is 50.9 Å². The van der Waals surface area contributed by atoms with Gasteiger partial charge in [0.25, 0.3) is 0 Å². The van der Waals surface area contributed by atoms with Gasteiger partial charge in [0.05, 0.1) is 5.37 Å². The van der Waals surface area contributed by atoms with Gasteiger partial charge < -0.3 is 10.4 Å². The Kier molecular flexibility index (Phi) is 5.18. The Hall–Kier alpha value is -0.910. The molecule has 5 nitrogen and oxygen atoms in total. The summed E-state index contributed by atoms with van der Waals surface area (Å²) in [7, 11) is 0. The van der Waals surface area contributed by atoms with Gasteiger partial charge >= 0.3 is 12.0 Å². The van der Waals surface area contributed by atoms with Gasteiger partial charge in [0.15, 0.2) is 0 Å². The average molecular weight is 300 g/mol. The molecule has 114 valence electrons. The summed E-state index contributed by atoms with van der Waals surface area (Å²) >= 11 is 1.56. The minimum absolute atomic E-state index is 0.0418. The largest absolute Gasteiger partial charge is 0.480 e. The molecule has 0 aromatic carbocycles. The van der Waals surface area contributed by atoms with Gasteiger partial charge in [-0.05, 0) is 18.3 Å². The Bertz CT molecular complexity index is 371. The summed E-state index contributed by atoms with van der Waals surface area (Å²) in [6.07, 6.45) is 4.85. The van der Waals surface area contributed by atoms with Gasteiger partial charge in [0, 0.05) is 12.3 Å². The molecular formula is C14H24N2O3S. The van der Waals surface area contributed by atoms with Crippen LogP contribution in [0.25, 0.3) is 0 Å². The Morgan fingerprint density at radius 2 is 2.10 bits per heavy atom. The van der Waals surface area contributed by atoms with Gasteiger partial charge in [-0.2, -0.15) is 0 Å². The van der Waals surface area contributed by atoms with Gasteiger partial charge in [-0.25, -0.2) is 9.59 Å². The summed E-state index contributed by atoms with van der Waals surface area (Å²) in [4.78, 5) is 25.1. The van der Waals surface area contributed by atoms with E-state index in [1.165, 1.54) is 24.2 Å². The quantitative estimate of drug-likeness (QED) is 0.818. The molecule has 1 heterocycles. The van der Waals surface area contributed by atoms with Gasteiger partial charge in [-0.1, -0.05) is 33.1 Å². The number of carbonyl (C=O) groups is 2. The van der Waals surface area contributed by atoms with Crippen LogP contribution in [0.5, 0.6) is 0 Å². The molecule has 0 aromatic heterocycles. The van der Waals surface area contributed by atoms with Crippen molar-refractivity contribution < 1.29 is 14.7 Å². The number of hydrogen-bond donors (Lipinski definition) is 2. The van der Waals surface area contributed by atoms with Crippen LogP contribution >= 0.6 is 11.8 Å². The monoisotopic (exact) mass is 300 g/mol. The predicted molar refractivity (Wildman–Crippen MR) is 79.7 cm³/mol. The number of nitrogens with one attached hydrogen (secondary N) is 1. The van der Waals surface area contributed by atoms with Crippen LogP contribution in [0.3, 0.4) is 0 Å². The average Bonchev–Trinajstić information content (AvgIpc) is 2.76. The first-order valence-electron chi connectivity index (χ1n) is 7.41. The molecule has 2 amide bonds. The van der Waals surface area contributed by atoms with Crippen LogP contribution in [0, 0.1) is 11.8 Å². The van der Waals surface area contributed by atoms with Crippen molar-refractivity contribution in [2.75, 3.05) is 12.3 Å². The van der Waals surface area contributed by atoms with Crippen molar-refractivity contribution in [1.82, 2.24) is 10.2 Å². The molecule has 1 aliphatic heterocycles. The second kappa shape index (κ2) is 6.70. The molecule has 2 unspecified atom stereocenters. The van der Waals surface area contributed by atoms with E-state index in [4.69, 9.17) is 0 Å². The first-order chi connectivity index (χ1) is 9.50. The van der Waals surface area contributed by atoms with Crippen LogP contribution in [0.15, 0.2) is 0 Å². The molecule has 1 saturated heterocycles. The molecule has 1 saturated carbocycles. The normalized spacial score (nSPS) is 26.6. The number of urea groups is 1. The SMILES string of the molecule is CC(C)C1SCC(C(=O)O)N1C(=O)NCCC1CCC1. The summed E-state index contributed by atoms with van der Waals surface area (Å²) in [6.45, 7) is 4.70. The highest BCUT2D eigenvalue weighted by atomic mass is 32.2. The number of carboxylic acid groups (broad SMARTS) is 1. The second-order valence-corrected chi connectivity index (χ2v) is 7.20. The van der Waals surface area contributed by atoms with E-state index in [9.17, 15) is 14.7 Å². The van der Waals surface area contributed by atoms with Crippen LogP contribution in [-0.2, 0) is 4.79 Å². The van der Waals surface area contributed by atoms with Gasteiger partial charge in [0.1, 0.15) is 6.04 Å². The van der Waals surface area contributed by atoms with Crippen LogP contribution in [-0.4, -0.2) is 45.7 Å². The molecule has 2 aliphatic rings. The van der Waals surface area contributed by atoms with Gasteiger partial charge in [0.2, 0.25) is 0 Å². The van der Waals surface area contributed by atoms with Crippen molar-refractivity contribution >= 4 is 23.8 Å². The molecule has 2 atom stereocenters. The Morgan fingerprint density at radius 1 is 1.40 bits per heavy atom. The number of amides is 2. The molecular weight excluding hydrogens is 276 g/mol. The number of nitrogens with zero attached hydrogens (tertiary/aromatic N) is 1. The maximum absolute atomic E-state index is 12.3. The number of carbonyl (C=O) groups excluding carboxylic acids is 1. The molecule has 0 aromatic rings. The topological polar surface area (TPSA) is 69.6 Å². The zero-order chi connectivity index (χ0) is 14.7. The lowest BCUT2D eigenvalue weighted by molar-refractivity contribution is -0.141. The van der Waals surface area contributed by atoms with E-state index in [0.717, 1.165) is 12.3 Å². The van der Waals surface area contributed by atoms with E-state index >= 15 is 0 Å². The lowest BCUT2D eigenvalue weighted by atomic mass is 9.83. The fourth-order valence-electron chi connectivity index (χ4n) is 2.74. The highest BCUT2D eigenvalue weighted by Gasteiger charge is 2.42. The number of rotatable bonds is 5. The molecule has 6 heteroatoms. The van der Waals surface area contributed by atoms with Crippen molar-refractivity contribution in [1.29, 1.82) is 0 Å². The van der Waals surface area contributed by atoms with E-state index in [-0.39, 0.29) is 17.3 Å². The van der Waals surface area contributed by atoms with Crippen molar-refractivity contribution in [3.05, 3.63) is 0 Å². The molecule has 20 heavy (non-hydrogen) atoms. The van der Waals surface area contributed by atoms with E-state index in [2.05, 4.69) is 5.32 Å². The Labute approximate surface area is 124 Å². The summed E-state index contributed by atoms with van der Waals surface area (Å²) in [5.74, 6) is 0.574. The van der Waals surface area contributed by atoms with Crippen molar-refractivity contribution in [2.24, 2.45) is 11.8 Å². The highest BCUT2D eigenvalue weighted by Crippen LogP contribution is 2.34. The van der Waals surface area contributed by atoms with E-state index in [0.29, 0.717) is 12.3 Å². The van der Waals surface area contributed by atoms with Crippen molar-refractivity contribution in [3.63, 3.8) is 0 Å². The first kappa shape index (κ1) is 15.5. The zero-order valence-corrected chi connectivity index (χ0v) is 13.0. The first-order valence-corrected chi connectivity index (χ1v) is 8.46. The van der Waals surface area contributed by atoms with Crippen molar-refractivity contribution in [3.8, 4) is 0 Å². The fraction of sp³-hybridized carbons (Fsp3) is 0.857. The van der Waals surface area contributed by atoms with Crippen LogP contribution in [0.4, 0.5) is 4.79 Å². The maximum atomic E-state index is 12.3. The smallest absolute Gasteiger partial charge is 0.327 e. The lowest BCUT2D eigenvalue weighted by Crippen LogP contribution is -2.51. The molecule has 0 spiro atoms. The summed E-state index contributed by atoms with van der Waals surface area (Å²) in [6, 6.07) is -0.920. The number of carboxylic acids is 1. The number of aliphatic carboxylic acids is 1. The third-order valence-electron chi connectivity index (χ3n) is 4.18. The maximum Gasteiger partial charge on any atom is 0.327 e. The van der Waals surface area contributed by atoms with E-state index < -0.39 is 12.0 Å². The standard InChI is InChI=1S/C14H24N2O3S/c1-9(2)12-16(11(8-20-12)13(17)18)14(19)15-7-6-10-4-3-5-10/h9-12H,3-8H2,1-2H3,(H,15,19)(H,17,18). The third-order valence-corrected chi connectivity index (χ3v) is 5.80. The molecule has 2 N–H and O–H groups in total. The predicted octanol–water partition coefficient (Wildman–Crippen LogP) is 2.37. The zero-order valence-electron chi connectivity index (χ0n) is 12.2. The molecule has 2 rings (SSSR count). The summed E-state index contributed by atoms with van der Waals surface area (Å²) in [5, 5.41) is 12.1. The minimum Gasteiger partial charge on any atom is -0.480 e. The fourth-order valence-corrected chi connectivity index (χ4v) is 4.22. The van der Waals surface area contributed by atoms with Crippen LogP contribution in [0.1, 0.15) is 39.5 Å². The van der Waals surface area contributed by atoms with E-state index in [1.807, 2.05) is 13.8 Å². The minimum atomic E-state index is -0.908. The molecule has 1 aliphatic carbocycles. The number of hydrogen-bond acceptors (Lipinski definition) is 3. The Morgan fingerprint density at radius 3 is 2.60 bits per heavy atom. The highest BCUT2D eigenvalue weighted by molar-refractivity contribution is 8.00. The Balaban J connectivity index is 1.89. The van der Waals surface area contributed by atoms with E-state index in [1.54, 1.807) is 11.8 Å². The summed E-state index contributed by atoms with van der Waals surface area (Å²) in [5.41, 5.74) is 0. The van der Waals surface area contributed by atoms with Crippen LogP contribution < -0.4 is 5.32 Å². The molecule has 0 bridgehead atoms. The number of thioether (sulfide) groups is 1. The molecule has 2 fully saturated rings. The van der Waals surface area contributed by atoms with Gasteiger partial charge in [-0.3, -0.25) is 4.90 Å². The third kappa shape index (κ3) is 3.40. The summed E-state index contributed by atoms with van der Waals surface area (Å²) < 4.78 is 0. The van der Waals surface area contributed by atoms with Gasteiger partial charge in [-0.15, -0.1) is 11.8 Å². The van der Waals surface area contributed by atoms with Crippen LogP contribution in [0.2, 0.25) is 0 Å². The second-order valence-electron chi connectivity index (χ2n) is 6.05.